The molecule has 1 unspecified atom stereocenters. The van der Waals surface area contributed by atoms with E-state index in [1.54, 1.807) is 0 Å². The maximum absolute atomic E-state index is 12.3. The summed E-state index contributed by atoms with van der Waals surface area (Å²) in [6.45, 7) is 10.0. The summed E-state index contributed by atoms with van der Waals surface area (Å²) in [6, 6.07) is 7.99. The molecule has 1 aliphatic rings. The first-order chi connectivity index (χ1) is 9.39. The zero-order chi connectivity index (χ0) is 14.8. The van der Waals surface area contributed by atoms with Gasteiger partial charge in [0.05, 0.1) is 0 Å². The second kappa shape index (κ2) is 5.86. The van der Waals surface area contributed by atoms with Crippen molar-refractivity contribution in [3.8, 4) is 5.75 Å². The molecule has 1 aromatic rings. The van der Waals surface area contributed by atoms with Gasteiger partial charge in [-0.2, -0.15) is 0 Å². The highest BCUT2D eigenvalue weighted by Gasteiger charge is 2.26. The number of hydrogen-bond donors (Lipinski definition) is 0. The Labute approximate surface area is 121 Å². The lowest BCUT2D eigenvalue weighted by Crippen LogP contribution is -2.38. The molecule has 0 radical (unpaired) electrons. The molecule has 110 valence electrons. The molecule has 20 heavy (non-hydrogen) atoms. The quantitative estimate of drug-likeness (QED) is 0.846. The van der Waals surface area contributed by atoms with Crippen molar-refractivity contribution in [1.29, 1.82) is 0 Å². The molecule has 0 aromatic heterocycles. The van der Waals surface area contributed by atoms with Crippen molar-refractivity contribution in [3.63, 3.8) is 0 Å². The molecule has 1 aromatic carbocycles. The van der Waals surface area contributed by atoms with Gasteiger partial charge in [0, 0.05) is 13.1 Å². The topological polar surface area (TPSA) is 29.5 Å². The van der Waals surface area contributed by atoms with Crippen LogP contribution in [-0.4, -0.2) is 30.0 Å². The van der Waals surface area contributed by atoms with Crippen LogP contribution in [0.15, 0.2) is 24.3 Å². The highest BCUT2D eigenvalue weighted by atomic mass is 16.5. The van der Waals surface area contributed by atoms with Crippen LogP contribution in [0, 0.1) is 0 Å². The fourth-order valence-corrected chi connectivity index (χ4v) is 2.62. The molecule has 0 bridgehead atoms. The molecule has 1 heterocycles. The largest absolute Gasteiger partial charge is 0.481 e. The Balaban J connectivity index is 2.11. The van der Waals surface area contributed by atoms with Crippen molar-refractivity contribution in [2.24, 2.45) is 0 Å². The number of amides is 1. The van der Waals surface area contributed by atoms with Gasteiger partial charge in [0.2, 0.25) is 0 Å². The van der Waals surface area contributed by atoms with Gasteiger partial charge < -0.3 is 9.64 Å². The van der Waals surface area contributed by atoms with Gasteiger partial charge in [0.15, 0.2) is 6.10 Å². The van der Waals surface area contributed by atoms with E-state index in [1.807, 2.05) is 30.0 Å². The van der Waals surface area contributed by atoms with Crippen LogP contribution in [0.1, 0.15) is 46.1 Å². The van der Waals surface area contributed by atoms with Crippen LogP contribution in [-0.2, 0) is 10.2 Å². The molecule has 2 rings (SSSR count). The summed E-state index contributed by atoms with van der Waals surface area (Å²) >= 11 is 0. The van der Waals surface area contributed by atoms with E-state index < -0.39 is 6.10 Å². The predicted octanol–water partition coefficient (Wildman–Crippen LogP) is 3.37. The number of nitrogens with zero attached hydrogens (tertiary/aromatic N) is 1. The van der Waals surface area contributed by atoms with Gasteiger partial charge in [0.1, 0.15) is 5.75 Å². The van der Waals surface area contributed by atoms with Gasteiger partial charge in [-0.05, 0) is 36.8 Å². The van der Waals surface area contributed by atoms with Crippen molar-refractivity contribution >= 4 is 5.91 Å². The van der Waals surface area contributed by atoms with Crippen molar-refractivity contribution < 1.29 is 9.53 Å². The van der Waals surface area contributed by atoms with E-state index in [2.05, 4.69) is 26.8 Å². The third-order valence-corrected chi connectivity index (χ3v) is 3.76. The normalized spacial score (nSPS) is 17.1. The van der Waals surface area contributed by atoms with Gasteiger partial charge in [-0.15, -0.1) is 0 Å². The zero-order valence-corrected chi connectivity index (χ0v) is 13.0. The molecule has 1 saturated heterocycles. The van der Waals surface area contributed by atoms with Crippen LogP contribution in [0.2, 0.25) is 0 Å². The van der Waals surface area contributed by atoms with Gasteiger partial charge in [-0.25, -0.2) is 0 Å². The zero-order valence-electron chi connectivity index (χ0n) is 13.0. The fraction of sp³-hybridized carbons (Fsp3) is 0.588. The summed E-state index contributed by atoms with van der Waals surface area (Å²) in [7, 11) is 0. The number of carbonyl (C=O) groups is 1. The molecule has 3 heteroatoms. The van der Waals surface area contributed by atoms with Crippen LogP contribution in [0.3, 0.4) is 0 Å². The van der Waals surface area contributed by atoms with Crippen LogP contribution in [0.4, 0.5) is 0 Å². The van der Waals surface area contributed by atoms with Gasteiger partial charge in [-0.3, -0.25) is 4.79 Å². The molecule has 0 saturated carbocycles. The van der Waals surface area contributed by atoms with Crippen LogP contribution in [0.5, 0.6) is 5.75 Å². The Morgan fingerprint density at radius 3 is 2.40 bits per heavy atom. The average Bonchev–Trinajstić information content (AvgIpc) is 2.91. The molecule has 0 aliphatic carbocycles. The number of benzene rings is 1. The van der Waals surface area contributed by atoms with E-state index in [4.69, 9.17) is 4.74 Å². The maximum Gasteiger partial charge on any atom is 0.263 e. The van der Waals surface area contributed by atoms with Crippen molar-refractivity contribution in [2.75, 3.05) is 13.1 Å². The van der Waals surface area contributed by atoms with Crippen LogP contribution >= 0.6 is 0 Å². The van der Waals surface area contributed by atoms with Crippen LogP contribution < -0.4 is 4.74 Å². The smallest absolute Gasteiger partial charge is 0.263 e. The first kappa shape index (κ1) is 14.9. The van der Waals surface area contributed by atoms with Gasteiger partial charge in [-0.1, -0.05) is 39.0 Å². The van der Waals surface area contributed by atoms with E-state index in [9.17, 15) is 4.79 Å². The van der Waals surface area contributed by atoms with E-state index in [-0.39, 0.29) is 11.3 Å². The number of rotatable bonds is 3. The summed E-state index contributed by atoms with van der Waals surface area (Å²) in [5.74, 6) is 0.922. The number of ether oxygens (including phenoxy) is 1. The minimum Gasteiger partial charge on any atom is -0.481 e. The summed E-state index contributed by atoms with van der Waals surface area (Å²) in [4.78, 5) is 14.2. The minimum absolute atomic E-state index is 0.00695. The summed E-state index contributed by atoms with van der Waals surface area (Å²) in [5.41, 5.74) is 1.15. The maximum atomic E-state index is 12.3. The Bertz CT molecular complexity index is 470. The van der Waals surface area contributed by atoms with Gasteiger partial charge in [0.25, 0.3) is 5.91 Å². The standard InChI is InChI=1S/C17H25NO2/c1-13(16(19)18-11-7-8-12-18)20-15-10-6-5-9-14(15)17(2,3)4/h5-6,9-10,13H,7-8,11-12H2,1-4H3. The molecular weight excluding hydrogens is 250 g/mol. The van der Waals surface area contributed by atoms with E-state index in [0.717, 1.165) is 37.2 Å². The average molecular weight is 275 g/mol. The summed E-state index contributed by atoms with van der Waals surface area (Å²) in [6.07, 6.45) is 1.80. The first-order valence-corrected chi connectivity index (χ1v) is 7.44. The molecule has 0 N–H and O–H groups in total. The Morgan fingerprint density at radius 2 is 1.80 bits per heavy atom. The predicted molar refractivity (Wildman–Crippen MR) is 81.0 cm³/mol. The molecule has 3 nitrogen and oxygen atoms in total. The molecule has 1 fully saturated rings. The number of para-hydroxylation sites is 1. The third kappa shape index (κ3) is 3.33. The molecule has 1 amide bonds. The Morgan fingerprint density at radius 1 is 1.20 bits per heavy atom. The minimum atomic E-state index is -0.420. The number of carbonyl (C=O) groups excluding carboxylic acids is 1. The second-order valence-corrected chi connectivity index (χ2v) is 6.54. The number of hydrogen-bond acceptors (Lipinski definition) is 2. The highest BCUT2D eigenvalue weighted by molar-refractivity contribution is 5.81. The Hall–Kier alpha value is -1.51. The molecule has 0 spiro atoms. The van der Waals surface area contributed by atoms with Crippen molar-refractivity contribution in [1.82, 2.24) is 4.90 Å². The lowest BCUT2D eigenvalue weighted by molar-refractivity contribution is -0.136. The third-order valence-electron chi connectivity index (χ3n) is 3.76. The summed E-state index contributed by atoms with van der Waals surface area (Å²) < 4.78 is 5.95. The molecular formula is C17H25NO2. The second-order valence-electron chi connectivity index (χ2n) is 6.54. The van der Waals surface area contributed by atoms with E-state index >= 15 is 0 Å². The first-order valence-electron chi connectivity index (χ1n) is 7.44. The monoisotopic (exact) mass is 275 g/mol. The fourth-order valence-electron chi connectivity index (χ4n) is 2.62. The lowest BCUT2D eigenvalue weighted by atomic mass is 9.86. The summed E-state index contributed by atoms with van der Waals surface area (Å²) in [5, 5.41) is 0. The lowest BCUT2D eigenvalue weighted by Gasteiger charge is -2.26. The van der Waals surface area contributed by atoms with E-state index in [0.29, 0.717) is 0 Å². The van der Waals surface area contributed by atoms with E-state index in [1.165, 1.54) is 0 Å². The molecule has 1 atom stereocenters. The van der Waals surface area contributed by atoms with Gasteiger partial charge >= 0.3 is 0 Å². The van der Waals surface area contributed by atoms with Crippen LogP contribution in [0.25, 0.3) is 0 Å². The Kier molecular flexibility index (Phi) is 4.36. The highest BCUT2D eigenvalue weighted by Crippen LogP contribution is 2.31. The van der Waals surface area contributed by atoms with Crippen molar-refractivity contribution in [3.05, 3.63) is 29.8 Å². The van der Waals surface area contributed by atoms with Crippen molar-refractivity contribution in [2.45, 2.75) is 52.1 Å². The number of likely N-dealkylation sites (tertiary alicyclic amines) is 1. The molecule has 1 aliphatic heterocycles. The SMILES string of the molecule is CC(Oc1ccccc1C(C)(C)C)C(=O)N1CCCC1.